The maximum atomic E-state index is 12.3. The number of aromatic nitrogens is 2. The Morgan fingerprint density at radius 2 is 2.26 bits per heavy atom. The topological polar surface area (TPSA) is 72.9 Å². The Labute approximate surface area is 114 Å². The Balaban J connectivity index is 1.85. The highest BCUT2D eigenvalue weighted by molar-refractivity contribution is 5.79. The molecule has 19 heavy (non-hydrogen) atoms. The minimum Gasteiger partial charge on any atom is -0.351 e. The minimum absolute atomic E-state index is 0.0133. The maximum Gasteiger partial charge on any atom is 0.224 e. The Morgan fingerprint density at radius 3 is 3.00 bits per heavy atom. The van der Waals surface area contributed by atoms with Crippen LogP contribution >= 0.6 is 0 Å². The molecule has 1 aliphatic carbocycles. The lowest BCUT2D eigenvalue weighted by molar-refractivity contribution is -0.126. The average molecular weight is 264 g/mol. The summed E-state index contributed by atoms with van der Waals surface area (Å²) < 4.78 is 1.83. The molecule has 0 aliphatic heterocycles. The lowest BCUT2D eigenvalue weighted by Crippen LogP contribution is -2.45. The average Bonchev–Trinajstić information content (AvgIpc) is 2.76. The molecule has 0 spiro atoms. The molecule has 3 atom stereocenters. The first-order chi connectivity index (χ1) is 9.16. The molecule has 1 amide bonds. The molecular formula is C14H24N4O. The highest BCUT2D eigenvalue weighted by Crippen LogP contribution is 2.22. The molecular weight excluding hydrogens is 240 g/mol. The van der Waals surface area contributed by atoms with Gasteiger partial charge in [0.2, 0.25) is 5.91 Å². The number of nitrogens with one attached hydrogen (secondary N) is 1. The molecule has 5 heteroatoms. The second kappa shape index (κ2) is 6.70. The SMILES string of the molecule is CC(Cn1cccn1)NC(=O)C1CCCCCC1N. The van der Waals surface area contributed by atoms with Crippen LogP contribution in [0.3, 0.4) is 0 Å². The molecule has 1 fully saturated rings. The van der Waals surface area contributed by atoms with Gasteiger partial charge in [-0.3, -0.25) is 9.48 Å². The van der Waals surface area contributed by atoms with E-state index in [1.807, 2.05) is 23.9 Å². The molecule has 106 valence electrons. The maximum absolute atomic E-state index is 12.3. The molecule has 0 radical (unpaired) electrons. The second-order valence-corrected chi connectivity index (χ2v) is 5.55. The fourth-order valence-corrected chi connectivity index (χ4v) is 2.75. The van der Waals surface area contributed by atoms with Gasteiger partial charge in [0.05, 0.1) is 12.5 Å². The number of hydrogen-bond acceptors (Lipinski definition) is 3. The zero-order valence-corrected chi connectivity index (χ0v) is 11.6. The lowest BCUT2D eigenvalue weighted by Gasteiger charge is -2.23. The monoisotopic (exact) mass is 264 g/mol. The third-order valence-corrected chi connectivity index (χ3v) is 3.81. The predicted octanol–water partition coefficient (Wildman–Crippen LogP) is 1.30. The first-order valence-corrected chi connectivity index (χ1v) is 7.20. The summed E-state index contributed by atoms with van der Waals surface area (Å²) in [5.41, 5.74) is 6.11. The minimum atomic E-state index is -0.0254. The lowest BCUT2D eigenvalue weighted by atomic mass is 9.94. The molecule has 1 saturated carbocycles. The fraction of sp³-hybridized carbons (Fsp3) is 0.714. The quantitative estimate of drug-likeness (QED) is 0.805. The van der Waals surface area contributed by atoms with Gasteiger partial charge in [-0.2, -0.15) is 5.10 Å². The molecule has 1 aromatic rings. The molecule has 1 aromatic heterocycles. The molecule has 0 aromatic carbocycles. The molecule has 5 nitrogen and oxygen atoms in total. The van der Waals surface area contributed by atoms with Gasteiger partial charge < -0.3 is 11.1 Å². The first kappa shape index (κ1) is 14.1. The number of rotatable bonds is 4. The van der Waals surface area contributed by atoms with Crippen molar-refractivity contribution in [2.24, 2.45) is 11.7 Å². The van der Waals surface area contributed by atoms with E-state index >= 15 is 0 Å². The van der Waals surface area contributed by atoms with Crippen molar-refractivity contribution in [1.82, 2.24) is 15.1 Å². The van der Waals surface area contributed by atoms with Crippen molar-refractivity contribution in [1.29, 1.82) is 0 Å². The fourth-order valence-electron chi connectivity index (χ4n) is 2.75. The van der Waals surface area contributed by atoms with Crippen molar-refractivity contribution in [3.63, 3.8) is 0 Å². The zero-order valence-electron chi connectivity index (χ0n) is 11.6. The summed E-state index contributed by atoms with van der Waals surface area (Å²) in [6.07, 6.45) is 8.98. The van der Waals surface area contributed by atoms with E-state index < -0.39 is 0 Å². The molecule has 0 bridgehead atoms. The van der Waals surface area contributed by atoms with Crippen LogP contribution in [0.5, 0.6) is 0 Å². The summed E-state index contributed by atoms with van der Waals surface area (Å²) in [4.78, 5) is 12.3. The van der Waals surface area contributed by atoms with Gasteiger partial charge in [0.15, 0.2) is 0 Å². The largest absolute Gasteiger partial charge is 0.351 e. The van der Waals surface area contributed by atoms with E-state index in [9.17, 15) is 4.79 Å². The number of carbonyl (C=O) groups is 1. The molecule has 3 unspecified atom stereocenters. The van der Waals surface area contributed by atoms with Gasteiger partial charge in [-0.05, 0) is 25.8 Å². The van der Waals surface area contributed by atoms with Crippen LogP contribution in [-0.2, 0) is 11.3 Å². The summed E-state index contributed by atoms with van der Waals surface area (Å²) in [7, 11) is 0. The van der Waals surface area contributed by atoms with Gasteiger partial charge in [0.25, 0.3) is 0 Å². The Bertz CT molecular complexity index is 390. The molecule has 0 saturated heterocycles. The van der Waals surface area contributed by atoms with Crippen LogP contribution in [-0.4, -0.2) is 27.8 Å². The van der Waals surface area contributed by atoms with E-state index in [2.05, 4.69) is 10.4 Å². The number of nitrogens with zero attached hydrogens (tertiary/aromatic N) is 2. The number of hydrogen-bond donors (Lipinski definition) is 2. The van der Waals surface area contributed by atoms with Crippen LogP contribution in [0.25, 0.3) is 0 Å². The first-order valence-electron chi connectivity index (χ1n) is 7.20. The van der Waals surface area contributed by atoms with Gasteiger partial charge >= 0.3 is 0 Å². The van der Waals surface area contributed by atoms with E-state index in [4.69, 9.17) is 5.73 Å². The Kier molecular flexibility index (Phi) is 4.96. The van der Waals surface area contributed by atoms with E-state index in [1.54, 1.807) is 6.20 Å². The molecule has 2 rings (SSSR count). The molecule has 1 heterocycles. The second-order valence-electron chi connectivity index (χ2n) is 5.55. The van der Waals surface area contributed by atoms with Gasteiger partial charge in [0.1, 0.15) is 0 Å². The predicted molar refractivity (Wildman–Crippen MR) is 74.4 cm³/mol. The Morgan fingerprint density at radius 1 is 1.47 bits per heavy atom. The standard InChI is InChI=1S/C14H24N4O/c1-11(10-18-9-5-8-16-18)17-14(19)12-6-3-2-4-7-13(12)15/h5,8-9,11-13H,2-4,6-7,10,15H2,1H3,(H,17,19). The van der Waals surface area contributed by atoms with Gasteiger partial charge in [-0.25, -0.2) is 0 Å². The van der Waals surface area contributed by atoms with Crippen molar-refractivity contribution in [2.75, 3.05) is 0 Å². The van der Waals surface area contributed by atoms with Crippen molar-refractivity contribution in [2.45, 2.75) is 57.7 Å². The van der Waals surface area contributed by atoms with Crippen LogP contribution in [0.2, 0.25) is 0 Å². The Hall–Kier alpha value is -1.36. The highest BCUT2D eigenvalue weighted by Gasteiger charge is 2.27. The number of amides is 1. The van der Waals surface area contributed by atoms with E-state index in [0.717, 1.165) is 25.7 Å². The molecule has 3 N–H and O–H groups in total. The van der Waals surface area contributed by atoms with Gasteiger partial charge in [-0.1, -0.05) is 19.3 Å². The number of nitrogens with two attached hydrogens (primary N) is 1. The summed E-state index contributed by atoms with van der Waals surface area (Å²) in [5, 5.41) is 7.21. The summed E-state index contributed by atoms with van der Waals surface area (Å²) >= 11 is 0. The summed E-state index contributed by atoms with van der Waals surface area (Å²) in [5.74, 6) is 0.0802. The molecule has 1 aliphatic rings. The van der Waals surface area contributed by atoms with Gasteiger partial charge in [0, 0.05) is 24.5 Å². The van der Waals surface area contributed by atoms with Crippen LogP contribution in [0.1, 0.15) is 39.0 Å². The third-order valence-electron chi connectivity index (χ3n) is 3.81. The third kappa shape index (κ3) is 4.06. The van der Waals surface area contributed by atoms with Crippen LogP contribution < -0.4 is 11.1 Å². The zero-order chi connectivity index (χ0) is 13.7. The summed E-state index contributed by atoms with van der Waals surface area (Å²) in [6, 6.07) is 1.97. The van der Waals surface area contributed by atoms with Crippen LogP contribution in [0, 0.1) is 5.92 Å². The van der Waals surface area contributed by atoms with E-state index in [-0.39, 0.29) is 23.9 Å². The summed E-state index contributed by atoms with van der Waals surface area (Å²) in [6.45, 7) is 2.70. The number of carbonyl (C=O) groups excluding carboxylic acids is 1. The van der Waals surface area contributed by atoms with E-state index in [0.29, 0.717) is 6.54 Å². The van der Waals surface area contributed by atoms with E-state index in [1.165, 1.54) is 6.42 Å². The van der Waals surface area contributed by atoms with Crippen molar-refractivity contribution in [3.05, 3.63) is 18.5 Å². The normalized spacial score (nSPS) is 25.6. The van der Waals surface area contributed by atoms with Crippen molar-refractivity contribution >= 4 is 5.91 Å². The van der Waals surface area contributed by atoms with Gasteiger partial charge in [-0.15, -0.1) is 0 Å². The van der Waals surface area contributed by atoms with Crippen molar-refractivity contribution < 1.29 is 4.79 Å². The highest BCUT2D eigenvalue weighted by atomic mass is 16.2. The van der Waals surface area contributed by atoms with Crippen LogP contribution in [0.15, 0.2) is 18.5 Å². The van der Waals surface area contributed by atoms with Crippen molar-refractivity contribution in [3.8, 4) is 0 Å². The van der Waals surface area contributed by atoms with Crippen LogP contribution in [0.4, 0.5) is 0 Å². The smallest absolute Gasteiger partial charge is 0.224 e.